The van der Waals surface area contributed by atoms with E-state index >= 15 is 0 Å². The second-order valence-corrected chi connectivity index (χ2v) is 4.71. The maximum absolute atomic E-state index is 6.04. The van der Waals surface area contributed by atoms with Gasteiger partial charge in [0.05, 0.1) is 6.54 Å². The molecule has 1 aromatic heterocycles. The topological polar surface area (TPSA) is 38.2 Å². The van der Waals surface area contributed by atoms with Crippen LogP contribution in [-0.4, -0.2) is 29.7 Å². The van der Waals surface area contributed by atoms with Crippen LogP contribution in [0.2, 0.25) is 5.15 Å². The highest BCUT2D eigenvalue weighted by molar-refractivity contribution is 6.30. The molecule has 106 valence electrons. The van der Waals surface area contributed by atoms with E-state index in [4.69, 9.17) is 16.3 Å². The Bertz CT molecular complexity index is 548. The molecular weight excluding hydrogens is 274 g/mol. The molecule has 0 fully saturated rings. The zero-order chi connectivity index (χ0) is 14.4. The molecule has 1 aromatic carbocycles. The van der Waals surface area contributed by atoms with E-state index < -0.39 is 0 Å². The molecule has 2 aromatic rings. The molecule has 0 amide bonds. The molecule has 0 saturated heterocycles. The van der Waals surface area contributed by atoms with Crippen LogP contribution in [0, 0.1) is 6.92 Å². The summed E-state index contributed by atoms with van der Waals surface area (Å²) in [5, 5.41) is 0.498. The molecular formula is C15H18ClN3O. The minimum absolute atomic E-state index is 0.498. The SMILES string of the molecule is CCN(CCOc1ccccc1)c1ncnc(Cl)c1C. The lowest BCUT2D eigenvalue weighted by atomic mass is 10.3. The number of benzene rings is 1. The third kappa shape index (κ3) is 3.61. The summed E-state index contributed by atoms with van der Waals surface area (Å²) in [6, 6.07) is 9.78. The van der Waals surface area contributed by atoms with Gasteiger partial charge >= 0.3 is 0 Å². The van der Waals surface area contributed by atoms with Crippen molar-refractivity contribution in [1.82, 2.24) is 9.97 Å². The highest BCUT2D eigenvalue weighted by atomic mass is 35.5. The number of ether oxygens (including phenoxy) is 1. The fourth-order valence-corrected chi connectivity index (χ4v) is 2.07. The number of rotatable bonds is 6. The summed E-state index contributed by atoms with van der Waals surface area (Å²) >= 11 is 6.04. The van der Waals surface area contributed by atoms with Crippen LogP contribution in [-0.2, 0) is 0 Å². The van der Waals surface area contributed by atoms with E-state index in [9.17, 15) is 0 Å². The van der Waals surface area contributed by atoms with Crippen LogP contribution < -0.4 is 9.64 Å². The van der Waals surface area contributed by atoms with Crippen molar-refractivity contribution in [3.63, 3.8) is 0 Å². The fourth-order valence-electron chi connectivity index (χ4n) is 1.94. The van der Waals surface area contributed by atoms with Gasteiger partial charge in [-0.25, -0.2) is 9.97 Å². The molecule has 0 spiro atoms. The van der Waals surface area contributed by atoms with Gasteiger partial charge in [-0.1, -0.05) is 29.8 Å². The number of nitrogens with zero attached hydrogens (tertiary/aromatic N) is 3. The molecule has 0 aliphatic carbocycles. The quantitative estimate of drug-likeness (QED) is 0.765. The Labute approximate surface area is 124 Å². The highest BCUT2D eigenvalue weighted by Gasteiger charge is 2.11. The second kappa shape index (κ2) is 7.10. The molecule has 5 heteroatoms. The van der Waals surface area contributed by atoms with E-state index in [1.165, 1.54) is 6.33 Å². The van der Waals surface area contributed by atoms with Gasteiger partial charge in [0.1, 0.15) is 29.7 Å². The van der Waals surface area contributed by atoms with E-state index in [0.717, 1.165) is 30.2 Å². The lowest BCUT2D eigenvalue weighted by Gasteiger charge is -2.23. The minimum atomic E-state index is 0.498. The monoisotopic (exact) mass is 291 g/mol. The third-order valence-electron chi connectivity index (χ3n) is 3.05. The van der Waals surface area contributed by atoms with Gasteiger partial charge in [0.2, 0.25) is 0 Å². The van der Waals surface area contributed by atoms with Crippen LogP contribution in [0.3, 0.4) is 0 Å². The molecule has 0 bridgehead atoms. The number of hydrogen-bond acceptors (Lipinski definition) is 4. The molecule has 0 atom stereocenters. The summed E-state index contributed by atoms with van der Waals surface area (Å²) in [6.07, 6.45) is 1.49. The standard InChI is InChI=1S/C15H18ClN3O/c1-3-19(15-12(2)14(16)17-11-18-15)9-10-20-13-7-5-4-6-8-13/h4-8,11H,3,9-10H2,1-2H3. The Kier molecular flexibility index (Phi) is 5.18. The van der Waals surface area contributed by atoms with Crippen LogP contribution >= 0.6 is 11.6 Å². The number of likely N-dealkylation sites (N-methyl/N-ethyl adjacent to an activating group) is 1. The molecule has 4 nitrogen and oxygen atoms in total. The molecule has 0 saturated carbocycles. The van der Waals surface area contributed by atoms with E-state index in [1.54, 1.807) is 0 Å². The highest BCUT2D eigenvalue weighted by Crippen LogP contribution is 2.21. The van der Waals surface area contributed by atoms with Gasteiger partial charge in [-0.05, 0) is 26.0 Å². The third-order valence-corrected chi connectivity index (χ3v) is 3.43. The number of anilines is 1. The molecule has 20 heavy (non-hydrogen) atoms. The smallest absolute Gasteiger partial charge is 0.137 e. The average molecular weight is 292 g/mol. The van der Waals surface area contributed by atoms with Gasteiger partial charge in [-0.15, -0.1) is 0 Å². The molecule has 0 aliphatic heterocycles. The van der Waals surface area contributed by atoms with Gasteiger partial charge in [-0.2, -0.15) is 0 Å². The van der Waals surface area contributed by atoms with E-state index in [2.05, 4.69) is 21.8 Å². The Hall–Kier alpha value is -1.81. The van der Waals surface area contributed by atoms with Gasteiger partial charge in [0.25, 0.3) is 0 Å². The van der Waals surface area contributed by atoms with Gasteiger partial charge in [0.15, 0.2) is 0 Å². The predicted molar refractivity (Wildman–Crippen MR) is 81.6 cm³/mol. The first-order valence-corrected chi connectivity index (χ1v) is 7.00. The van der Waals surface area contributed by atoms with Crippen molar-refractivity contribution in [3.8, 4) is 5.75 Å². The number of halogens is 1. The zero-order valence-corrected chi connectivity index (χ0v) is 12.5. The van der Waals surface area contributed by atoms with Crippen molar-refractivity contribution in [2.75, 3.05) is 24.6 Å². The van der Waals surface area contributed by atoms with Crippen molar-refractivity contribution >= 4 is 17.4 Å². The Morgan fingerprint density at radius 2 is 1.95 bits per heavy atom. The molecule has 0 unspecified atom stereocenters. The van der Waals surface area contributed by atoms with Gasteiger partial charge < -0.3 is 9.64 Å². The molecule has 0 radical (unpaired) electrons. The first-order chi connectivity index (χ1) is 9.72. The minimum Gasteiger partial charge on any atom is -0.492 e. The van der Waals surface area contributed by atoms with Crippen molar-refractivity contribution in [2.45, 2.75) is 13.8 Å². The van der Waals surface area contributed by atoms with E-state index in [-0.39, 0.29) is 0 Å². The predicted octanol–water partition coefficient (Wildman–Crippen LogP) is 3.34. The van der Waals surface area contributed by atoms with Crippen LogP contribution in [0.4, 0.5) is 5.82 Å². The van der Waals surface area contributed by atoms with Crippen molar-refractivity contribution in [3.05, 3.63) is 47.4 Å². The zero-order valence-electron chi connectivity index (χ0n) is 11.7. The second-order valence-electron chi connectivity index (χ2n) is 4.35. The van der Waals surface area contributed by atoms with Crippen molar-refractivity contribution < 1.29 is 4.74 Å². The van der Waals surface area contributed by atoms with Crippen LogP contribution in [0.15, 0.2) is 36.7 Å². The molecule has 2 rings (SSSR count). The average Bonchev–Trinajstić information content (AvgIpc) is 2.48. The lowest BCUT2D eigenvalue weighted by Crippen LogP contribution is -2.29. The molecule has 0 aliphatic rings. The summed E-state index contributed by atoms with van der Waals surface area (Å²) < 4.78 is 5.71. The molecule has 1 heterocycles. The summed E-state index contributed by atoms with van der Waals surface area (Å²) in [6.45, 7) is 6.20. The largest absolute Gasteiger partial charge is 0.492 e. The Balaban J connectivity index is 1.97. The normalized spacial score (nSPS) is 10.3. The lowest BCUT2D eigenvalue weighted by molar-refractivity contribution is 0.324. The van der Waals surface area contributed by atoms with Crippen LogP contribution in [0.5, 0.6) is 5.75 Å². The number of para-hydroxylation sites is 1. The van der Waals surface area contributed by atoms with E-state index in [1.807, 2.05) is 37.3 Å². The van der Waals surface area contributed by atoms with Crippen molar-refractivity contribution in [2.24, 2.45) is 0 Å². The summed E-state index contributed by atoms with van der Waals surface area (Å²) in [7, 11) is 0. The van der Waals surface area contributed by atoms with E-state index in [0.29, 0.717) is 11.8 Å². The van der Waals surface area contributed by atoms with Crippen molar-refractivity contribution in [1.29, 1.82) is 0 Å². The summed E-state index contributed by atoms with van der Waals surface area (Å²) in [5.41, 5.74) is 0.899. The first-order valence-electron chi connectivity index (χ1n) is 6.62. The Morgan fingerprint density at radius 1 is 1.20 bits per heavy atom. The number of hydrogen-bond donors (Lipinski definition) is 0. The van der Waals surface area contributed by atoms with Crippen LogP contribution in [0.25, 0.3) is 0 Å². The summed E-state index contributed by atoms with van der Waals surface area (Å²) in [5.74, 6) is 1.74. The first kappa shape index (κ1) is 14.6. The maximum atomic E-state index is 6.04. The number of aromatic nitrogens is 2. The van der Waals surface area contributed by atoms with Crippen LogP contribution in [0.1, 0.15) is 12.5 Å². The Morgan fingerprint density at radius 3 is 2.65 bits per heavy atom. The fraction of sp³-hybridized carbons (Fsp3) is 0.333. The summed E-state index contributed by atoms with van der Waals surface area (Å²) in [4.78, 5) is 10.4. The van der Waals surface area contributed by atoms with Gasteiger partial charge in [-0.3, -0.25) is 0 Å². The van der Waals surface area contributed by atoms with Gasteiger partial charge in [0, 0.05) is 12.1 Å². The maximum Gasteiger partial charge on any atom is 0.137 e. The molecule has 0 N–H and O–H groups in total.